The highest BCUT2D eigenvalue weighted by Crippen LogP contribution is 2.45. The van der Waals surface area contributed by atoms with E-state index in [0.717, 1.165) is 37.3 Å². The van der Waals surface area contributed by atoms with Gasteiger partial charge in [-0.15, -0.1) is 0 Å². The second-order valence-corrected chi connectivity index (χ2v) is 9.95. The summed E-state index contributed by atoms with van der Waals surface area (Å²) >= 11 is 0. The van der Waals surface area contributed by atoms with Crippen molar-refractivity contribution in [2.75, 3.05) is 12.4 Å². The zero-order valence-corrected chi connectivity index (χ0v) is 18.5. The third-order valence-electron chi connectivity index (χ3n) is 7.73. The second-order valence-electron chi connectivity index (χ2n) is 9.95. The number of hydrogen-bond donors (Lipinski definition) is 2. The molecule has 3 aliphatic rings. The molecule has 3 N–H and O–H groups in total. The van der Waals surface area contributed by atoms with Crippen LogP contribution >= 0.6 is 0 Å². The summed E-state index contributed by atoms with van der Waals surface area (Å²) in [5.41, 5.74) is 6.94. The average Bonchev–Trinajstić information content (AvgIpc) is 2.98. The van der Waals surface area contributed by atoms with E-state index in [-0.39, 0.29) is 5.91 Å². The zero-order valence-electron chi connectivity index (χ0n) is 18.5. The molecule has 0 aromatic carbocycles. The van der Waals surface area contributed by atoms with Gasteiger partial charge in [0.2, 0.25) is 5.91 Å². The van der Waals surface area contributed by atoms with Crippen LogP contribution in [0.1, 0.15) is 77.0 Å². The Morgan fingerprint density at radius 1 is 1.17 bits per heavy atom. The van der Waals surface area contributed by atoms with Gasteiger partial charge < -0.3 is 16.0 Å². The van der Waals surface area contributed by atoms with Crippen LogP contribution in [0, 0.1) is 17.3 Å². The summed E-state index contributed by atoms with van der Waals surface area (Å²) in [6.07, 6.45) is 20.4. The van der Waals surface area contributed by atoms with Gasteiger partial charge >= 0.3 is 0 Å². The summed E-state index contributed by atoms with van der Waals surface area (Å²) in [4.78, 5) is 19.2. The molecule has 2 fully saturated rings. The normalized spacial score (nSPS) is 30.4. The summed E-state index contributed by atoms with van der Waals surface area (Å²) in [6.45, 7) is 0. The van der Waals surface area contributed by atoms with Gasteiger partial charge in [0.25, 0.3) is 0 Å². The van der Waals surface area contributed by atoms with Crippen LogP contribution in [0.25, 0.3) is 0 Å². The van der Waals surface area contributed by atoms with Gasteiger partial charge in [0, 0.05) is 25.5 Å². The van der Waals surface area contributed by atoms with Crippen molar-refractivity contribution in [3.05, 3.63) is 36.4 Å². The molecule has 5 nitrogen and oxygen atoms in total. The number of amides is 1. The summed E-state index contributed by atoms with van der Waals surface area (Å²) in [5.74, 6) is 2.21. The minimum atomic E-state index is -0.392. The molecule has 1 aromatic heterocycles. The SMILES string of the molecule is CN1C(=O)[C@@](CCC2CCCCC2)(C[C@H]2CCC[C@@H](Nc3cccnc3)C2)C=C1N. The van der Waals surface area contributed by atoms with E-state index in [4.69, 9.17) is 5.73 Å². The zero-order chi connectivity index (χ0) is 21.0. The van der Waals surface area contributed by atoms with Crippen LogP contribution in [-0.2, 0) is 4.79 Å². The predicted octanol–water partition coefficient (Wildman–Crippen LogP) is 5.06. The predicted molar refractivity (Wildman–Crippen MR) is 122 cm³/mol. The van der Waals surface area contributed by atoms with Crippen molar-refractivity contribution in [3.8, 4) is 0 Å². The molecule has 2 aliphatic carbocycles. The topological polar surface area (TPSA) is 71.2 Å². The highest BCUT2D eigenvalue weighted by molar-refractivity contribution is 5.89. The number of hydrogen-bond acceptors (Lipinski definition) is 4. The molecule has 3 atom stereocenters. The third-order valence-corrected chi connectivity index (χ3v) is 7.73. The fourth-order valence-corrected chi connectivity index (χ4v) is 6.06. The number of rotatable bonds is 7. The van der Waals surface area contributed by atoms with Gasteiger partial charge in [0.15, 0.2) is 0 Å². The lowest BCUT2D eigenvalue weighted by Gasteiger charge is -2.36. The van der Waals surface area contributed by atoms with Crippen LogP contribution in [0.5, 0.6) is 0 Å². The van der Waals surface area contributed by atoms with E-state index in [9.17, 15) is 4.79 Å². The Hall–Kier alpha value is -2.04. The van der Waals surface area contributed by atoms with Crippen molar-refractivity contribution in [1.29, 1.82) is 0 Å². The molecule has 164 valence electrons. The van der Waals surface area contributed by atoms with Crippen molar-refractivity contribution in [2.24, 2.45) is 23.0 Å². The van der Waals surface area contributed by atoms with Crippen molar-refractivity contribution in [3.63, 3.8) is 0 Å². The lowest BCUT2D eigenvalue weighted by molar-refractivity contribution is -0.135. The Kier molecular flexibility index (Phi) is 6.64. The highest BCUT2D eigenvalue weighted by atomic mass is 16.2. The maximum absolute atomic E-state index is 13.3. The number of pyridine rings is 1. The fraction of sp³-hybridized carbons (Fsp3) is 0.680. The third kappa shape index (κ3) is 4.81. The molecule has 0 bridgehead atoms. The summed E-state index contributed by atoms with van der Waals surface area (Å²) in [5, 5.41) is 3.66. The molecule has 30 heavy (non-hydrogen) atoms. The monoisotopic (exact) mass is 410 g/mol. The number of anilines is 1. The second kappa shape index (κ2) is 9.40. The molecular formula is C25H38N4O. The first-order valence-electron chi connectivity index (χ1n) is 12.0. The highest BCUT2D eigenvalue weighted by Gasteiger charge is 2.46. The summed E-state index contributed by atoms with van der Waals surface area (Å²) < 4.78 is 0. The Bertz CT molecular complexity index is 743. The molecule has 0 radical (unpaired) electrons. The first-order valence-corrected chi connectivity index (χ1v) is 12.0. The number of aromatic nitrogens is 1. The van der Waals surface area contributed by atoms with E-state index in [2.05, 4.69) is 22.4 Å². The number of nitrogens with zero attached hydrogens (tertiary/aromatic N) is 2. The van der Waals surface area contributed by atoms with Gasteiger partial charge in [-0.2, -0.15) is 0 Å². The largest absolute Gasteiger partial charge is 0.385 e. The molecule has 4 rings (SSSR count). The van der Waals surface area contributed by atoms with Gasteiger partial charge in [-0.3, -0.25) is 9.78 Å². The Morgan fingerprint density at radius 3 is 2.67 bits per heavy atom. The number of nitrogens with one attached hydrogen (secondary N) is 1. The number of carbonyl (C=O) groups is 1. The Labute approximate surface area is 181 Å². The van der Waals surface area contributed by atoms with Gasteiger partial charge in [-0.05, 0) is 62.1 Å². The molecule has 1 amide bonds. The molecule has 0 spiro atoms. The molecule has 1 aromatic rings. The van der Waals surface area contributed by atoms with Crippen LogP contribution < -0.4 is 11.1 Å². The van der Waals surface area contributed by atoms with Crippen LogP contribution in [0.2, 0.25) is 0 Å². The van der Waals surface area contributed by atoms with Gasteiger partial charge in [0.05, 0.1) is 11.1 Å². The number of nitrogens with two attached hydrogens (primary N) is 1. The van der Waals surface area contributed by atoms with Crippen molar-refractivity contribution < 1.29 is 4.79 Å². The maximum Gasteiger partial charge on any atom is 0.237 e. The van der Waals surface area contributed by atoms with Crippen molar-refractivity contribution >= 4 is 11.6 Å². The maximum atomic E-state index is 13.3. The molecule has 5 heteroatoms. The molecule has 2 saturated carbocycles. The minimum absolute atomic E-state index is 0.221. The lowest BCUT2D eigenvalue weighted by atomic mass is 9.69. The van der Waals surface area contributed by atoms with E-state index in [1.54, 1.807) is 4.90 Å². The minimum Gasteiger partial charge on any atom is -0.385 e. The molecular weight excluding hydrogens is 372 g/mol. The van der Waals surface area contributed by atoms with Crippen molar-refractivity contribution in [2.45, 2.75) is 83.1 Å². The number of carbonyl (C=O) groups excluding carboxylic acids is 1. The first-order chi connectivity index (χ1) is 14.6. The van der Waals surface area contributed by atoms with Gasteiger partial charge in [-0.25, -0.2) is 0 Å². The van der Waals surface area contributed by atoms with E-state index in [1.165, 1.54) is 51.4 Å². The van der Waals surface area contributed by atoms with Crippen LogP contribution in [-0.4, -0.2) is 28.9 Å². The molecule has 0 saturated heterocycles. The van der Waals surface area contributed by atoms with Gasteiger partial charge in [0.1, 0.15) is 5.82 Å². The molecule has 1 aliphatic heterocycles. The first kappa shape index (κ1) is 21.2. The molecule has 2 heterocycles. The fourth-order valence-electron chi connectivity index (χ4n) is 6.06. The van der Waals surface area contributed by atoms with E-state index < -0.39 is 5.41 Å². The average molecular weight is 411 g/mol. The Balaban J connectivity index is 1.42. The summed E-state index contributed by atoms with van der Waals surface area (Å²) in [6, 6.07) is 4.52. The van der Waals surface area contributed by atoms with Crippen LogP contribution in [0.4, 0.5) is 5.69 Å². The van der Waals surface area contributed by atoms with E-state index in [1.807, 2.05) is 25.5 Å². The Morgan fingerprint density at radius 2 is 1.97 bits per heavy atom. The summed E-state index contributed by atoms with van der Waals surface area (Å²) in [7, 11) is 1.84. The quantitative estimate of drug-likeness (QED) is 0.659. The van der Waals surface area contributed by atoms with E-state index in [0.29, 0.717) is 17.8 Å². The van der Waals surface area contributed by atoms with Gasteiger partial charge in [-0.1, -0.05) is 44.9 Å². The smallest absolute Gasteiger partial charge is 0.237 e. The van der Waals surface area contributed by atoms with Crippen LogP contribution in [0.15, 0.2) is 36.4 Å². The molecule has 0 unspecified atom stereocenters. The standard InChI is InChI=1S/C25H38N4O/c1-29-23(26)17-25(24(29)30,13-12-19-7-3-2-4-8-19)16-20-9-5-10-21(15-20)28-22-11-6-14-27-18-22/h6,11,14,17-21,28H,2-5,7-10,12-13,15-16,26H2,1H3/t20-,21+,25-/m0/s1. The van der Waals surface area contributed by atoms with Crippen LogP contribution in [0.3, 0.4) is 0 Å². The van der Waals surface area contributed by atoms with Crippen molar-refractivity contribution in [1.82, 2.24) is 9.88 Å². The van der Waals surface area contributed by atoms with E-state index >= 15 is 0 Å². The lowest BCUT2D eigenvalue weighted by Crippen LogP contribution is -2.38.